The number of ether oxygens (including phenoxy) is 1. The molecule has 4 nitrogen and oxygen atoms in total. The van der Waals surface area contributed by atoms with Crippen LogP contribution >= 0.6 is 0 Å². The van der Waals surface area contributed by atoms with Crippen LogP contribution < -0.4 is 10.5 Å². The number of sulfone groups is 1. The molecule has 0 unspecified atom stereocenters. The van der Waals surface area contributed by atoms with Crippen LogP contribution in [0.2, 0.25) is 0 Å². The van der Waals surface area contributed by atoms with E-state index in [1.165, 1.54) is 12.1 Å². The highest BCUT2D eigenvalue weighted by atomic mass is 32.2. The van der Waals surface area contributed by atoms with Crippen molar-refractivity contribution in [2.75, 3.05) is 5.73 Å². The molecule has 0 spiro atoms. The van der Waals surface area contributed by atoms with Crippen LogP contribution in [0.4, 0.5) is 23.2 Å². The second-order valence-electron chi connectivity index (χ2n) is 4.20. The van der Waals surface area contributed by atoms with Crippen LogP contribution in [0.15, 0.2) is 47.4 Å². The van der Waals surface area contributed by atoms with E-state index in [2.05, 4.69) is 0 Å². The molecule has 0 radical (unpaired) electrons. The van der Waals surface area contributed by atoms with Crippen LogP contribution in [-0.4, -0.2) is 13.9 Å². The molecule has 0 amide bonds. The Morgan fingerprint density at radius 1 is 1.00 bits per heavy atom. The molecule has 0 fully saturated rings. The number of hydrogen-bond acceptors (Lipinski definition) is 4. The molecule has 22 heavy (non-hydrogen) atoms. The van der Waals surface area contributed by atoms with E-state index in [-0.39, 0.29) is 17.2 Å². The monoisotopic (exact) mass is 335 g/mol. The Hall–Kier alpha value is -2.29. The number of nitrogen functional groups attached to an aromatic ring is 1. The lowest BCUT2D eigenvalue weighted by atomic mass is 10.3. The molecule has 0 saturated heterocycles. The number of alkyl halides is 3. The van der Waals surface area contributed by atoms with Crippen LogP contribution in [0, 0.1) is 5.82 Å². The van der Waals surface area contributed by atoms with Gasteiger partial charge in [-0.1, -0.05) is 0 Å². The molecule has 0 atom stereocenters. The van der Waals surface area contributed by atoms with Crippen molar-refractivity contribution in [2.24, 2.45) is 0 Å². The highest BCUT2D eigenvalue weighted by Gasteiger charge is 2.47. The van der Waals surface area contributed by atoms with Gasteiger partial charge in [0.25, 0.3) is 9.84 Å². The molecule has 0 aromatic heterocycles. The lowest BCUT2D eigenvalue weighted by molar-refractivity contribution is -0.0436. The van der Waals surface area contributed by atoms with Crippen molar-refractivity contribution in [3.8, 4) is 11.5 Å². The van der Waals surface area contributed by atoms with Crippen molar-refractivity contribution < 1.29 is 30.7 Å². The summed E-state index contributed by atoms with van der Waals surface area (Å²) < 4.78 is 77.8. The molecule has 0 heterocycles. The van der Waals surface area contributed by atoms with Gasteiger partial charge in [-0.2, -0.15) is 13.2 Å². The first-order valence-electron chi connectivity index (χ1n) is 5.75. The molecule has 0 aliphatic carbocycles. The molecule has 0 bridgehead atoms. The van der Waals surface area contributed by atoms with Gasteiger partial charge in [-0.3, -0.25) is 0 Å². The number of hydrogen-bond donors (Lipinski definition) is 1. The lowest BCUT2D eigenvalue weighted by Crippen LogP contribution is -2.23. The van der Waals surface area contributed by atoms with Crippen LogP contribution in [-0.2, 0) is 9.84 Å². The van der Waals surface area contributed by atoms with Crippen molar-refractivity contribution in [1.82, 2.24) is 0 Å². The third-order valence-electron chi connectivity index (χ3n) is 2.64. The Morgan fingerprint density at radius 3 is 2.09 bits per heavy atom. The predicted molar refractivity (Wildman–Crippen MR) is 70.6 cm³/mol. The van der Waals surface area contributed by atoms with Gasteiger partial charge in [-0.15, -0.1) is 0 Å². The fourth-order valence-electron chi connectivity index (χ4n) is 1.55. The minimum atomic E-state index is -5.48. The van der Waals surface area contributed by atoms with Crippen molar-refractivity contribution in [2.45, 2.75) is 10.4 Å². The summed E-state index contributed by atoms with van der Waals surface area (Å²) in [6.45, 7) is 0. The average Bonchev–Trinajstić information content (AvgIpc) is 2.42. The van der Waals surface area contributed by atoms with Gasteiger partial charge in [0.05, 0.1) is 10.6 Å². The zero-order valence-corrected chi connectivity index (χ0v) is 11.6. The first kappa shape index (κ1) is 16.1. The van der Waals surface area contributed by atoms with Gasteiger partial charge in [0.15, 0.2) is 0 Å². The third kappa shape index (κ3) is 3.14. The Kier molecular flexibility index (Phi) is 4.01. The number of nitrogens with two attached hydrogens (primary N) is 1. The number of rotatable bonds is 3. The van der Waals surface area contributed by atoms with E-state index in [0.29, 0.717) is 6.07 Å². The Morgan fingerprint density at radius 2 is 1.59 bits per heavy atom. The van der Waals surface area contributed by atoms with E-state index >= 15 is 0 Å². The summed E-state index contributed by atoms with van der Waals surface area (Å²) in [5, 5.41) is 0. The molecular weight excluding hydrogens is 326 g/mol. The largest absolute Gasteiger partial charge is 0.501 e. The molecule has 118 valence electrons. The van der Waals surface area contributed by atoms with E-state index in [0.717, 1.165) is 24.3 Å². The Labute approximate surface area is 123 Å². The average molecular weight is 335 g/mol. The molecular formula is C13H9F4NO3S. The number of halogens is 4. The maximum atomic E-state index is 12.7. The van der Waals surface area contributed by atoms with Crippen LogP contribution in [0.5, 0.6) is 11.5 Å². The number of anilines is 1. The topological polar surface area (TPSA) is 69.4 Å². The summed E-state index contributed by atoms with van der Waals surface area (Å²) in [4.78, 5) is -0.982. The maximum absolute atomic E-state index is 12.7. The van der Waals surface area contributed by atoms with Crippen LogP contribution in [0.1, 0.15) is 0 Å². The van der Waals surface area contributed by atoms with E-state index < -0.39 is 26.1 Å². The summed E-state index contributed by atoms with van der Waals surface area (Å²) in [6.07, 6.45) is 0. The summed E-state index contributed by atoms with van der Waals surface area (Å²) in [5.74, 6) is -0.348. The van der Waals surface area contributed by atoms with Gasteiger partial charge >= 0.3 is 5.51 Å². The van der Waals surface area contributed by atoms with E-state index in [9.17, 15) is 26.0 Å². The van der Waals surface area contributed by atoms with Crippen molar-refractivity contribution in [3.05, 3.63) is 48.3 Å². The van der Waals surface area contributed by atoms with Gasteiger partial charge in [-0.25, -0.2) is 12.8 Å². The molecule has 9 heteroatoms. The lowest BCUT2D eigenvalue weighted by Gasteiger charge is -2.12. The molecule has 2 N–H and O–H groups in total. The van der Waals surface area contributed by atoms with Gasteiger partial charge in [0.1, 0.15) is 17.3 Å². The van der Waals surface area contributed by atoms with Gasteiger partial charge in [0.2, 0.25) is 0 Å². The minimum Gasteiger partial charge on any atom is -0.455 e. The molecule has 0 aliphatic rings. The smallest absolute Gasteiger partial charge is 0.455 e. The van der Waals surface area contributed by atoms with Crippen molar-refractivity contribution in [3.63, 3.8) is 0 Å². The second kappa shape index (κ2) is 5.48. The standard InChI is InChI=1S/C13H9F4NO3S/c14-8-1-3-9(4-2-8)21-12-6-5-10(7-11(12)18)22(19,20)13(15,16)17/h1-7H,18H2. The fraction of sp³-hybridized carbons (Fsp3) is 0.0769. The molecule has 0 saturated carbocycles. The second-order valence-corrected chi connectivity index (χ2v) is 6.15. The quantitative estimate of drug-likeness (QED) is 0.688. The third-order valence-corrected chi connectivity index (χ3v) is 4.12. The molecule has 2 aromatic carbocycles. The first-order chi connectivity index (χ1) is 10.1. The van der Waals surface area contributed by atoms with E-state index in [4.69, 9.17) is 10.5 Å². The Bertz CT molecular complexity index is 786. The Balaban J connectivity index is 2.33. The van der Waals surface area contributed by atoms with Gasteiger partial charge < -0.3 is 10.5 Å². The summed E-state index contributed by atoms with van der Waals surface area (Å²) >= 11 is 0. The number of benzene rings is 2. The van der Waals surface area contributed by atoms with Gasteiger partial charge in [-0.05, 0) is 42.5 Å². The minimum absolute atomic E-state index is 0.0484. The molecule has 0 aliphatic heterocycles. The van der Waals surface area contributed by atoms with Crippen molar-refractivity contribution in [1.29, 1.82) is 0 Å². The van der Waals surface area contributed by atoms with Crippen molar-refractivity contribution >= 4 is 15.5 Å². The molecule has 2 rings (SSSR count). The fourth-order valence-corrected chi connectivity index (χ4v) is 2.35. The SMILES string of the molecule is Nc1cc(S(=O)(=O)C(F)(F)F)ccc1Oc1ccc(F)cc1. The predicted octanol–water partition coefficient (Wildman–Crippen LogP) is 3.49. The summed E-state index contributed by atoms with van der Waals surface area (Å²) in [5.41, 5.74) is -0.206. The normalized spacial score (nSPS) is 12.2. The van der Waals surface area contributed by atoms with Crippen LogP contribution in [0.25, 0.3) is 0 Å². The summed E-state index contributed by atoms with van der Waals surface area (Å²) in [7, 11) is -5.48. The van der Waals surface area contributed by atoms with Gasteiger partial charge in [0, 0.05) is 0 Å². The van der Waals surface area contributed by atoms with E-state index in [1.54, 1.807) is 0 Å². The highest BCUT2D eigenvalue weighted by Crippen LogP contribution is 2.35. The summed E-state index contributed by atoms with van der Waals surface area (Å²) in [6, 6.07) is 7.20. The zero-order valence-electron chi connectivity index (χ0n) is 10.8. The maximum Gasteiger partial charge on any atom is 0.501 e. The first-order valence-corrected chi connectivity index (χ1v) is 7.24. The van der Waals surface area contributed by atoms with Crippen LogP contribution in [0.3, 0.4) is 0 Å². The van der Waals surface area contributed by atoms with E-state index in [1.807, 2.05) is 0 Å². The zero-order chi connectivity index (χ0) is 16.5. The molecule has 2 aromatic rings. The highest BCUT2D eigenvalue weighted by molar-refractivity contribution is 7.92.